The van der Waals surface area contributed by atoms with Crippen LogP contribution in [0.5, 0.6) is 0 Å². The summed E-state index contributed by atoms with van der Waals surface area (Å²) in [4.78, 5) is 10.1. The maximum atomic E-state index is 13.2. The Morgan fingerprint density at radius 3 is 3.05 bits per heavy atom. The zero-order valence-electron chi connectivity index (χ0n) is 11.3. The zero-order chi connectivity index (χ0) is 14.7. The van der Waals surface area contributed by atoms with Crippen molar-refractivity contribution in [2.24, 2.45) is 0 Å². The Labute approximate surface area is 122 Å². The predicted molar refractivity (Wildman–Crippen MR) is 77.4 cm³/mol. The maximum Gasteiger partial charge on any atom is 0.129 e. The minimum Gasteiger partial charge on any atom is -0.368 e. The van der Waals surface area contributed by atoms with Crippen LogP contribution in [-0.4, -0.2) is 29.1 Å². The average Bonchev–Trinajstić information content (AvgIpc) is 2.96. The van der Waals surface area contributed by atoms with Gasteiger partial charge in [0, 0.05) is 25.3 Å². The van der Waals surface area contributed by atoms with Crippen LogP contribution in [0.4, 0.5) is 15.9 Å². The van der Waals surface area contributed by atoms with Gasteiger partial charge in [-0.25, -0.2) is 14.4 Å². The summed E-state index contributed by atoms with van der Waals surface area (Å²) in [6.45, 7) is 1.58. The highest BCUT2D eigenvalue weighted by atomic mass is 19.1. The second-order valence-electron chi connectivity index (χ2n) is 4.94. The summed E-state index contributed by atoms with van der Waals surface area (Å²) < 4.78 is 13.2. The van der Waals surface area contributed by atoms with Gasteiger partial charge in [-0.2, -0.15) is 5.26 Å². The van der Waals surface area contributed by atoms with Crippen LogP contribution in [0, 0.1) is 17.1 Å². The Kier molecular flexibility index (Phi) is 3.65. The van der Waals surface area contributed by atoms with Gasteiger partial charge in [0.15, 0.2) is 0 Å². The molecule has 1 fully saturated rings. The molecule has 106 valence electrons. The van der Waals surface area contributed by atoms with Crippen LogP contribution in [0.25, 0.3) is 0 Å². The van der Waals surface area contributed by atoms with E-state index in [0.29, 0.717) is 5.56 Å². The van der Waals surface area contributed by atoms with E-state index in [2.05, 4.69) is 26.3 Å². The van der Waals surface area contributed by atoms with Crippen molar-refractivity contribution in [1.29, 1.82) is 5.26 Å². The number of nitrogens with one attached hydrogen (secondary N) is 1. The van der Waals surface area contributed by atoms with E-state index in [1.807, 2.05) is 6.07 Å². The average molecular weight is 283 g/mol. The molecule has 2 aromatic rings. The molecule has 1 aliphatic heterocycles. The van der Waals surface area contributed by atoms with Crippen LogP contribution in [0.3, 0.4) is 0 Å². The van der Waals surface area contributed by atoms with E-state index in [1.165, 1.54) is 18.5 Å². The maximum absolute atomic E-state index is 13.2. The monoisotopic (exact) mass is 283 g/mol. The van der Waals surface area contributed by atoms with E-state index in [-0.39, 0.29) is 11.9 Å². The van der Waals surface area contributed by atoms with Crippen molar-refractivity contribution in [3.05, 3.63) is 48.2 Å². The molecule has 1 aliphatic rings. The van der Waals surface area contributed by atoms with Crippen molar-refractivity contribution in [2.75, 3.05) is 23.3 Å². The summed E-state index contributed by atoms with van der Waals surface area (Å²) in [6.07, 6.45) is 4.13. The van der Waals surface area contributed by atoms with Crippen LogP contribution >= 0.6 is 0 Å². The molecule has 0 amide bonds. The molecule has 1 unspecified atom stereocenters. The summed E-state index contributed by atoms with van der Waals surface area (Å²) >= 11 is 0. The van der Waals surface area contributed by atoms with E-state index in [4.69, 9.17) is 5.26 Å². The third kappa shape index (κ3) is 2.92. The first-order valence-electron chi connectivity index (χ1n) is 6.73. The Bertz CT molecular complexity index is 668. The van der Waals surface area contributed by atoms with Crippen LogP contribution in [0.15, 0.2) is 36.8 Å². The van der Waals surface area contributed by atoms with Gasteiger partial charge in [-0.15, -0.1) is 0 Å². The van der Waals surface area contributed by atoms with Gasteiger partial charge in [-0.3, -0.25) is 0 Å². The number of halogens is 1. The molecule has 0 bridgehead atoms. The van der Waals surface area contributed by atoms with Crippen LogP contribution in [-0.2, 0) is 0 Å². The quantitative estimate of drug-likeness (QED) is 0.935. The highest BCUT2D eigenvalue weighted by molar-refractivity contribution is 5.60. The third-order valence-electron chi connectivity index (χ3n) is 3.54. The molecule has 0 saturated carbocycles. The van der Waals surface area contributed by atoms with E-state index >= 15 is 0 Å². The number of rotatable bonds is 3. The van der Waals surface area contributed by atoms with Crippen molar-refractivity contribution < 1.29 is 4.39 Å². The molecule has 0 spiro atoms. The second kappa shape index (κ2) is 5.75. The molecular formula is C15H14FN5. The lowest BCUT2D eigenvalue weighted by Gasteiger charge is -2.20. The summed E-state index contributed by atoms with van der Waals surface area (Å²) in [5.41, 5.74) is 1.16. The number of anilines is 2. The highest BCUT2D eigenvalue weighted by Gasteiger charge is 2.24. The SMILES string of the molecule is N#Cc1cc(F)ccc1N1CCC(Nc2ccncn2)C1. The molecule has 1 aromatic heterocycles. The van der Waals surface area contributed by atoms with Gasteiger partial charge >= 0.3 is 0 Å². The standard InChI is InChI=1S/C15H14FN5/c16-12-1-2-14(11(7-12)8-17)21-6-4-13(9-21)20-15-3-5-18-10-19-15/h1-3,5,7,10,13H,4,6,9H2,(H,18,19,20). The summed E-state index contributed by atoms with van der Waals surface area (Å²) in [6, 6.07) is 8.46. The molecule has 1 aromatic carbocycles. The number of hydrogen-bond acceptors (Lipinski definition) is 5. The van der Waals surface area contributed by atoms with Gasteiger partial charge in [-0.05, 0) is 30.7 Å². The number of benzene rings is 1. The normalized spacial score (nSPS) is 17.5. The molecule has 1 saturated heterocycles. The molecule has 6 heteroatoms. The fraction of sp³-hybridized carbons (Fsp3) is 0.267. The van der Waals surface area contributed by atoms with Crippen molar-refractivity contribution >= 4 is 11.5 Å². The Morgan fingerprint density at radius 1 is 1.38 bits per heavy atom. The molecule has 5 nitrogen and oxygen atoms in total. The molecule has 0 radical (unpaired) electrons. The number of hydrogen-bond donors (Lipinski definition) is 1. The molecule has 2 heterocycles. The smallest absolute Gasteiger partial charge is 0.129 e. The fourth-order valence-electron chi connectivity index (χ4n) is 2.56. The molecule has 21 heavy (non-hydrogen) atoms. The lowest BCUT2D eigenvalue weighted by atomic mass is 10.1. The first-order chi connectivity index (χ1) is 10.3. The summed E-state index contributed by atoms with van der Waals surface area (Å²) in [5.74, 6) is 0.404. The number of nitrogens with zero attached hydrogens (tertiary/aromatic N) is 4. The van der Waals surface area contributed by atoms with Gasteiger partial charge in [0.2, 0.25) is 0 Å². The molecule has 1 atom stereocenters. The van der Waals surface area contributed by atoms with Crippen LogP contribution < -0.4 is 10.2 Å². The Hall–Kier alpha value is -2.68. The Balaban J connectivity index is 1.71. The summed E-state index contributed by atoms with van der Waals surface area (Å²) in [5, 5.41) is 12.5. The molecule has 3 rings (SSSR count). The van der Waals surface area contributed by atoms with Gasteiger partial charge in [0.05, 0.1) is 11.3 Å². The number of aromatic nitrogens is 2. The molecule has 1 N–H and O–H groups in total. The van der Waals surface area contributed by atoms with Gasteiger partial charge in [0.25, 0.3) is 0 Å². The van der Waals surface area contributed by atoms with Gasteiger partial charge in [0.1, 0.15) is 24.0 Å². The van der Waals surface area contributed by atoms with Crippen LogP contribution in [0.2, 0.25) is 0 Å². The lowest BCUT2D eigenvalue weighted by molar-refractivity contribution is 0.627. The fourth-order valence-corrected chi connectivity index (χ4v) is 2.56. The Morgan fingerprint density at radius 2 is 2.29 bits per heavy atom. The van der Waals surface area contributed by atoms with Crippen molar-refractivity contribution in [2.45, 2.75) is 12.5 Å². The van der Waals surface area contributed by atoms with Crippen LogP contribution in [0.1, 0.15) is 12.0 Å². The minimum atomic E-state index is -0.384. The highest BCUT2D eigenvalue weighted by Crippen LogP contribution is 2.26. The predicted octanol–water partition coefficient (Wildman–Crippen LogP) is 2.18. The second-order valence-corrected chi connectivity index (χ2v) is 4.94. The van der Waals surface area contributed by atoms with E-state index in [0.717, 1.165) is 31.0 Å². The third-order valence-corrected chi connectivity index (χ3v) is 3.54. The lowest BCUT2D eigenvalue weighted by Crippen LogP contribution is -2.26. The minimum absolute atomic E-state index is 0.247. The van der Waals surface area contributed by atoms with Crippen molar-refractivity contribution in [3.8, 4) is 6.07 Å². The van der Waals surface area contributed by atoms with Gasteiger partial charge in [-0.1, -0.05) is 0 Å². The number of nitriles is 1. The van der Waals surface area contributed by atoms with E-state index in [1.54, 1.807) is 12.3 Å². The molecular weight excluding hydrogens is 269 g/mol. The zero-order valence-corrected chi connectivity index (χ0v) is 11.3. The largest absolute Gasteiger partial charge is 0.368 e. The first kappa shape index (κ1) is 13.3. The van der Waals surface area contributed by atoms with E-state index in [9.17, 15) is 4.39 Å². The topological polar surface area (TPSA) is 64.8 Å². The van der Waals surface area contributed by atoms with Crippen molar-refractivity contribution in [3.63, 3.8) is 0 Å². The van der Waals surface area contributed by atoms with E-state index < -0.39 is 0 Å². The first-order valence-corrected chi connectivity index (χ1v) is 6.73. The molecule has 0 aliphatic carbocycles. The summed E-state index contributed by atoms with van der Waals surface area (Å²) in [7, 11) is 0. The van der Waals surface area contributed by atoms with Gasteiger partial charge < -0.3 is 10.2 Å². The van der Waals surface area contributed by atoms with Crippen molar-refractivity contribution in [1.82, 2.24) is 9.97 Å².